The Balaban J connectivity index is 0. The molecule has 0 atom stereocenters. The van der Waals surface area contributed by atoms with Crippen molar-refractivity contribution in [2.45, 2.75) is 0 Å². The van der Waals surface area contributed by atoms with Crippen molar-refractivity contribution in [3.63, 3.8) is 0 Å². The predicted molar refractivity (Wildman–Crippen MR) is 31.0 cm³/mol. The second-order valence-electron chi connectivity index (χ2n) is 1.44. The molecule has 0 unspecified atom stereocenters. The Morgan fingerprint density at radius 1 is 1.46 bits per heavy atom. The van der Waals surface area contributed by atoms with E-state index in [1.807, 2.05) is 0 Å². The summed E-state index contributed by atoms with van der Waals surface area (Å²) in [7, 11) is -6.42. The van der Waals surface area contributed by atoms with Crippen LogP contribution in [0, 0.1) is 0 Å². The molecule has 64 valence electrons. The zero-order valence-corrected chi connectivity index (χ0v) is 11.8. The van der Waals surface area contributed by atoms with E-state index in [0.29, 0.717) is 0 Å². The number of carbonyl (C=O) groups excluding carboxylic acids is 1. The normalized spacial score (nSPS) is 13.9. The van der Waals surface area contributed by atoms with E-state index < -0.39 is 22.5 Å². The Bertz CT molecular complexity index is 164. The van der Waals surface area contributed by atoms with Crippen molar-refractivity contribution in [1.82, 2.24) is 0 Å². The van der Waals surface area contributed by atoms with Crippen LogP contribution < -0.4 is 34.4 Å². The quantitative estimate of drug-likeness (QED) is 0.459. The summed E-state index contributed by atoms with van der Waals surface area (Å²) in [5.74, 6) is 0. The van der Waals surface area contributed by atoms with Gasteiger partial charge in [-0.1, -0.05) is 0 Å². The van der Waals surface area contributed by atoms with Gasteiger partial charge >= 0.3 is 89.4 Å². The van der Waals surface area contributed by atoms with Crippen molar-refractivity contribution in [1.29, 1.82) is 0 Å². The van der Waals surface area contributed by atoms with E-state index >= 15 is 0 Å². The van der Waals surface area contributed by atoms with Crippen LogP contribution in [0.1, 0.15) is 0 Å². The van der Waals surface area contributed by atoms with Crippen LogP contribution >= 0.6 is 0 Å². The Kier molecular flexibility index (Phi) is 10.00. The third kappa shape index (κ3) is 8.45. The Hall–Kier alpha value is 1.45. The maximum atomic E-state index is 9.97. The second-order valence-corrected chi connectivity index (χ2v) is 2.77. The predicted octanol–water partition coefficient (Wildman–Crippen LogP) is -6.56. The summed E-state index contributed by atoms with van der Waals surface area (Å²) in [6.07, 6.45) is -1.01. The SMILES string of the molecule is O=C1OB(O[Si]([O-])(O)O)O1.[Na+].[O]=[Ca]. The first kappa shape index (κ1) is 16.9. The molecule has 1 aliphatic heterocycles. The molecular formula is CH2BCaNaO8Si. The van der Waals surface area contributed by atoms with E-state index in [1.54, 1.807) is 0 Å². The first-order valence-corrected chi connectivity index (χ1v) is 5.08. The van der Waals surface area contributed by atoms with Crippen LogP contribution in [-0.2, 0) is 15.1 Å². The van der Waals surface area contributed by atoms with Gasteiger partial charge in [0.25, 0.3) is 0 Å². The monoisotopic (exact) mass is 244 g/mol. The van der Waals surface area contributed by atoms with E-state index in [4.69, 9.17) is 11.0 Å². The van der Waals surface area contributed by atoms with Crippen molar-refractivity contribution in [3.05, 3.63) is 0 Å². The van der Waals surface area contributed by atoms with E-state index in [2.05, 4.69) is 13.7 Å². The van der Waals surface area contributed by atoms with Crippen LogP contribution in [0.3, 0.4) is 0 Å². The molecule has 0 spiro atoms. The molecular weight excluding hydrogens is 242 g/mol. The molecule has 0 aliphatic carbocycles. The number of carbonyl (C=O) groups is 1. The van der Waals surface area contributed by atoms with Crippen LogP contribution in [0.2, 0.25) is 0 Å². The molecule has 2 N–H and O–H groups in total. The Morgan fingerprint density at radius 2 is 1.85 bits per heavy atom. The van der Waals surface area contributed by atoms with Crippen molar-refractivity contribution in [2.75, 3.05) is 0 Å². The van der Waals surface area contributed by atoms with Gasteiger partial charge in [-0.15, -0.1) is 0 Å². The van der Waals surface area contributed by atoms with Gasteiger partial charge in [0.1, 0.15) is 0 Å². The summed E-state index contributed by atoms with van der Waals surface area (Å²) in [5, 5.41) is 0. The fourth-order valence-corrected chi connectivity index (χ4v) is 0.686. The van der Waals surface area contributed by atoms with E-state index in [9.17, 15) is 9.59 Å². The standard InChI is InChI=1S/CH2BO7Si.Ca.Na.O/c3-1-7-2(8-1)9-10(4,5)6;;;/h4-5H;;;/q-1;;+1;. The molecule has 1 heterocycles. The summed E-state index contributed by atoms with van der Waals surface area (Å²) in [5.41, 5.74) is 0. The van der Waals surface area contributed by atoms with Crippen LogP contribution in [0.25, 0.3) is 0 Å². The van der Waals surface area contributed by atoms with Gasteiger partial charge in [0.05, 0.1) is 0 Å². The molecule has 1 aliphatic rings. The molecule has 1 rings (SSSR count). The minimum atomic E-state index is -4.87. The van der Waals surface area contributed by atoms with Crippen LogP contribution in [0.4, 0.5) is 4.79 Å². The second kappa shape index (κ2) is 7.71. The molecule has 12 heteroatoms. The maximum absolute atomic E-state index is 9.97. The van der Waals surface area contributed by atoms with Crippen molar-refractivity contribution >= 4 is 58.4 Å². The van der Waals surface area contributed by atoms with Crippen LogP contribution in [-0.4, -0.2) is 68.0 Å². The molecule has 0 amide bonds. The van der Waals surface area contributed by atoms with Gasteiger partial charge in [-0.05, 0) is 0 Å². The molecule has 0 aromatic carbocycles. The fraction of sp³-hybridized carbons (Fsp3) is 0. The topological polar surface area (TPSA) is 125 Å². The molecule has 1 saturated heterocycles. The third-order valence-electron chi connectivity index (χ3n) is 0.635. The van der Waals surface area contributed by atoms with Crippen molar-refractivity contribution in [3.8, 4) is 0 Å². The Morgan fingerprint density at radius 3 is 2.08 bits per heavy atom. The van der Waals surface area contributed by atoms with E-state index in [0.717, 1.165) is 0 Å². The van der Waals surface area contributed by atoms with Gasteiger partial charge in [0, 0.05) is 0 Å². The summed E-state index contributed by atoms with van der Waals surface area (Å²) in [6.45, 7) is 0. The zero-order chi connectivity index (χ0) is 9.78. The van der Waals surface area contributed by atoms with E-state index in [1.165, 1.54) is 0 Å². The number of hydrogen-bond acceptors (Lipinski definition) is 8. The molecule has 1 fully saturated rings. The Labute approximate surface area is 121 Å². The molecule has 0 aromatic rings. The molecule has 0 aromatic heterocycles. The molecule has 8 nitrogen and oxygen atoms in total. The molecule has 0 saturated carbocycles. The van der Waals surface area contributed by atoms with Crippen LogP contribution in [0.15, 0.2) is 0 Å². The average molecular weight is 244 g/mol. The van der Waals surface area contributed by atoms with Crippen LogP contribution in [0.5, 0.6) is 0 Å². The van der Waals surface area contributed by atoms with Crippen molar-refractivity contribution < 1.29 is 63.8 Å². The molecule has 13 heavy (non-hydrogen) atoms. The molecule has 0 bridgehead atoms. The van der Waals surface area contributed by atoms with Gasteiger partial charge in [-0.2, -0.15) is 0 Å². The van der Waals surface area contributed by atoms with Gasteiger partial charge in [0.2, 0.25) is 0 Å². The van der Waals surface area contributed by atoms with Gasteiger partial charge < -0.3 is 28.0 Å². The number of hydrogen-bond donors (Lipinski definition) is 2. The van der Waals surface area contributed by atoms with E-state index in [-0.39, 0.29) is 65.4 Å². The zero-order valence-electron chi connectivity index (χ0n) is 6.63. The van der Waals surface area contributed by atoms with Gasteiger partial charge in [0.15, 0.2) is 0 Å². The summed E-state index contributed by atoms with van der Waals surface area (Å²) >= 11 is 0.125. The number of rotatable bonds is 2. The molecule has 0 radical (unpaired) electrons. The summed E-state index contributed by atoms with van der Waals surface area (Å²) in [4.78, 5) is 36.0. The average Bonchev–Trinajstić information content (AvgIpc) is 1.86. The minimum absolute atomic E-state index is 0. The summed E-state index contributed by atoms with van der Waals surface area (Å²) in [6, 6.07) is 0. The third-order valence-corrected chi connectivity index (χ3v) is 1.13. The first-order chi connectivity index (χ1) is 5.47. The fourth-order valence-electron chi connectivity index (χ4n) is 0.339. The first-order valence-electron chi connectivity index (χ1n) is 2.46. The van der Waals surface area contributed by atoms with Crippen molar-refractivity contribution in [2.24, 2.45) is 0 Å². The van der Waals surface area contributed by atoms with Gasteiger partial charge in [-0.25, -0.2) is 4.79 Å². The summed E-state index contributed by atoms with van der Waals surface area (Å²) < 4.78 is 20.0. The van der Waals surface area contributed by atoms with Gasteiger partial charge in [-0.3, -0.25) is 0 Å².